The van der Waals surface area contributed by atoms with E-state index in [1.165, 1.54) is 22.5 Å². The van der Waals surface area contributed by atoms with Gasteiger partial charge < -0.3 is 14.7 Å². The van der Waals surface area contributed by atoms with Crippen LogP contribution in [0.2, 0.25) is 0 Å². The van der Waals surface area contributed by atoms with Gasteiger partial charge in [-0.1, -0.05) is 55.8 Å². The zero-order valence-corrected chi connectivity index (χ0v) is 15.0. The lowest BCUT2D eigenvalue weighted by Gasteiger charge is -2.24. The number of likely N-dealkylation sites (N-methyl/N-ethyl adjacent to an activating group) is 1. The van der Waals surface area contributed by atoms with Crippen molar-refractivity contribution >= 4 is 11.4 Å². The minimum absolute atomic E-state index is 0.862. The van der Waals surface area contributed by atoms with Crippen molar-refractivity contribution < 1.29 is 0 Å². The standard InChI is InChI=1S/C21H27N3/c1-4-22(5-2)13-14-23-17-24(21-12-7-6-11-20(21)23)16-19-10-8-9-18(3)15-19/h6-12,15H,4-5,13-14,16H2,1-3H3. The van der Waals surface area contributed by atoms with E-state index in [0.29, 0.717) is 0 Å². The van der Waals surface area contributed by atoms with Crippen molar-refractivity contribution in [3.8, 4) is 0 Å². The molecule has 0 bridgehead atoms. The SMILES string of the molecule is CCN(CC)CCN1[C]N(Cc2cccc(C)c2)c2ccccc21. The van der Waals surface area contributed by atoms with Crippen molar-refractivity contribution in [3.63, 3.8) is 0 Å². The van der Waals surface area contributed by atoms with Gasteiger partial charge in [-0.05, 0) is 37.7 Å². The lowest BCUT2D eigenvalue weighted by atomic mass is 10.1. The molecule has 3 heteroatoms. The number of aryl methyl sites for hydroxylation is 1. The van der Waals surface area contributed by atoms with Crippen molar-refractivity contribution in [2.24, 2.45) is 0 Å². The fraction of sp³-hybridized carbons (Fsp3) is 0.381. The summed E-state index contributed by atoms with van der Waals surface area (Å²) in [4.78, 5) is 6.96. The monoisotopic (exact) mass is 321 g/mol. The normalized spacial score (nSPS) is 13.7. The quantitative estimate of drug-likeness (QED) is 0.758. The van der Waals surface area contributed by atoms with Gasteiger partial charge in [0, 0.05) is 19.6 Å². The lowest BCUT2D eigenvalue weighted by molar-refractivity contribution is 0.311. The third-order valence-corrected chi connectivity index (χ3v) is 4.66. The van der Waals surface area contributed by atoms with Crippen LogP contribution in [-0.2, 0) is 6.54 Å². The molecular formula is C21H27N3. The molecule has 0 aromatic heterocycles. The summed E-state index contributed by atoms with van der Waals surface area (Å²) in [5, 5.41) is 0. The van der Waals surface area contributed by atoms with Crippen molar-refractivity contribution in [1.82, 2.24) is 4.90 Å². The molecule has 3 rings (SSSR count). The molecule has 0 amide bonds. The van der Waals surface area contributed by atoms with Crippen LogP contribution >= 0.6 is 0 Å². The second-order valence-electron chi connectivity index (χ2n) is 6.34. The summed E-state index contributed by atoms with van der Waals surface area (Å²) in [6.45, 7) is 15.2. The van der Waals surface area contributed by atoms with Crippen molar-refractivity contribution in [2.75, 3.05) is 36.0 Å². The summed E-state index contributed by atoms with van der Waals surface area (Å²) < 4.78 is 0. The molecule has 0 unspecified atom stereocenters. The maximum atomic E-state index is 3.57. The fourth-order valence-corrected chi connectivity index (χ4v) is 3.24. The van der Waals surface area contributed by atoms with E-state index in [-0.39, 0.29) is 0 Å². The molecule has 3 nitrogen and oxygen atoms in total. The number of hydrogen-bond acceptors (Lipinski definition) is 3. The van der Waals surface area contributed by atoms with E-state index in [1.807, 2.05) is 0 Å². The Balaban J connectivity index is 1.73. The number of nitrogens with zero attached hydrogens (tertiary/aromatic N) is 3. The highest BCUT2D eigenvalue weighted by molar-refractivity contribution is 5.78. The Hall–Kier alpha value is -2.00. The highest BCUT2D eigenvalue weighted by atomic mass is 15.4. The van der Waals surface area contributed by atoms with Crippen molar-refractivity contribution in [3.05, 3.63) is 66.3 Å². The highest BCUT2D eigenvalue weighted by Crippen LogP contribution is 2.38. The summed E-state index contributed by atoms with van der Waals surface area (Å²) in [7, 11) is 0. The molecule has 0 spiro atoms. The molecule has 1 aliphatic heterocycles. The molecule has 2 aromatic carbocycles. The highest BCUT2D eigenvalue weighted by Gasteiger charge is 2.27. The van der Waals surface area contributed by atoms with E-state index < -0.39 is 0 Å². The van der Waals surface area contributed by atoms with Gasteiger partial charge in [0.15, 0.2) is 0 Å². The molecule has 24 heavy (non-hydrogen) atoms. The van der Waals surface area contributed by atoms with Gasteiger partial charge in [0.1, 0.15) is 0 Å². The van der Waals surface area contributed by atoms with Crippen LogP contribution in [0.15, 0.2) is 48.5 Å². The minimum atomic E-state index is 0.862. The number of fused-ring (bicyclic) bond motifs is 1. The molecule has 0 aliphatic carbocycles. The molecule has 126 valence electrons. The fourth-order valence-electron chi connectivity index (χ4n) is 3.24. The first-order valence-corrected chi connectivity index (χ1v) is 8.89. The molecule has 2 radical (unpaired) electrons. The van der Waals surface area contributed by atoms with Crippen LogP contribution in [-0.4, -0.2) is 31.1 Å². The number of hydrogen-bond donors (Lipinski definition) is 0. The van der Waals surface area contributed by atoms with Crippen LogP contribution in [0.5, 0.6) is 0 Å². The molecule has 0 N–H and O–H groups in total. The third kappa shape index (κ3) is 3.73. The van der Waals surface area contributed by atoms with Gasteiger partial charge in [-0.15, -0.1) is 0 Å². The van der Waals surface area contributed by atoms with Crippen molar-refractivity contribution in [1.29, 1.82) is 0 Å². The van der Waals surface area contributed by atoms with E-state index in [1.54, 1.807) is 0 Å². The molecule has 0 atom stereocenters. The first-order chi connectivity index (χ1) is 11.7. The maximum absolute atomic E-state index is 3.57. The Kier molecular flexibility index (Phi) is 5.41. The van der Waals surface area contributed by atoms with Gasteiger partial charge in [0.25, 0.3) is 0 Å². The van der Waals surface area contributed by atoms with Gasteiger partial charge in [0.2, 0.25) is 6.67 Å². The van der Waals surface area contributed by atoms with Gasteiger partial charge in [0.05, 0.1) is 11.4 Å². The van der Waals surface area contributed by atoms with Crippen molar-refractivity contribution in [2.45, 2.75) is 27.3 Å². The smallest absolute Gasteiger partial charge is 0.209 e. The summed E-state index contributed by atoms with van der Waals surface area (Å²) in [5.74, 6) is 0. The summed E-state index contributed by atoms with van der Waals surface area (Å²) in [6, 6.07) is 17.3. The molecule has 2 aromatic rings. The lowest BCUT2D eigenvalue weighted by Crippen LogP contribution is -2.34. The molecule has 0 saturated carbocycles. The van der Waals surface area contributed by atoms with Crippen LogP contribution in [0.25, 0.3) is 0 Å². The largest absolute Gasteiger partial charge is 0.338 e. The molecule has 1 heterocycles. The molecule has 0 fully saturated rings. The second-order valence-corrected chi connectivity index (χ2v) is 6.34. The number of anilines is 2. The Labute approximate surface area is 146 Å². The van der Waals surface area contributed by atoms with E-state index in [2.05, 4.69) is 90.7 Å². The predicted molar refractivity (Wildman–Crippen MR) is 102 cm³/mol. The van der Waals surface area contributed by atoms with Gasteiger partial charge in [-0.2, -0.15) is 0 Å². The van der Waals surface area contributed by atoms with Gasteiger partial charge in [-0.25, -0.2) is 0 Å². The summed E-state index contributed by atoms with van der Waals surface area (Å²) in [5.41, 5.74) is 5.14. The van der Waals surface area contributed by atoms with E-state index in [0.717, 1.165) is 32.7 Å². The predicted octanol–water partition coefficient (Wildman–Crippen LogP) is 4.16. The number of rotatable bonds is 7. The second kappa shape index (κ2) is 7.71. The number of benzene rings is 2. The Bertz CT molecular complexity index is 664. The van der Waals surface area contributed by atoms with Gasteiger partial charge in [-0.3, -0.25) is 0 Å². The first kappa shape index (κ1) is 16.8. The zero-order valence-electron chi connectivity index (χ0n) is 15.0. The summed E-state index contributed by atoms with van der Waals surface area (Å²) >= 11 is 0. The molecule has 1 aliphatic rings. The Morgan fingerprint density at radius 1 is 0.917 bits per heavy atom. The Morgan fingerprint density at radius 3 is 2.29 bits per heavy atom. The topological polar surface area (TPSA) is 9.72 Å². The van der Waals surface area contributed by atoms with E-state index in [9.17, 15) is 0 Å². The van der Waals surface area contributed by atoms with Crippen LogP contribution in [0.3, 0.4) is 0 Å². The van der Waals surface area contributed by atoms with Crippen LogP contribution in [0, 0.1) is 13.6 Å². The van der Waals surface area contributed by atoms with Crippen LogP contribution < -0.4 is 9.80 Å². The average molecular weight is 321 g/mol. The van der Waals surface area contributed by atoms with Crippen LogP contribution in [0.4, 0.5) is 11.4 Å². The molecule has 0 saturated heterocycles. The zero-order chi connectivity index (χ0) is 16.9. The first-order valence-electron chi connectivity index (χ1n) is 8.89. The van der Waals surface area contributed by atoms with E-state index >= 15 is 0 Å². The maximum Gasteiger partial charge on any atom is 0.209 e. The Morgan fingerprint density at radius 2 is 1.62 bits per heavy atom. The minimum Gasteiger partial charge on any atom is -0.338 e. The average Bonchev–Trinajstić information content (AvgIpc) is 2.94. The van der Waals surface area contributed by atoms with Crippen LogP contribution in [0.1, 0.15) is 25.0 Å². The van der Waals surface area contributed by atoms with Gasteiger partial charge >= 0.3 is 0 Å². The van der Waals surface area contributed by atoms with E-state index in [4.69, 9.17) is 0 Å². The molecular weight excluding hydrogens is 294 g/mol. The summed E-state index contributed by atoms with van der Waals surface area (Å²) in [6.07, 6.45) is 0. The number of para-hydroxylation sites is 2. The third-order valence-electron chi connectivity index (χ3n) is 4.66.